The maximum Gasteiger partial charge on any atom is 0.0307 e. The summed E-state index contributed by atoms with van der Waals surface area (Å²) in [4.78, 5) is 2.59. The zero-order valence-electron chi connectivity index (χ0n) is 12.3. The van der Waals surface area contributed by atoms with Crippen molar-refractivity contribution < 1.29 is 0 Å². The summed E-state index contributed by atoms with van der Waals surface area (Å²) in [5.41, 5.74) is 8.90. The average molecular weight is 278 g/mol. The lowest BCUT2D eigenvalue weighted by Crippen LogP contribution is -2.45. The van der Waals surface area contributed by atoms with Gasteiger partial charge in [0.25, 0.3) is 0 Å². The molecule has 1 heterocycles. The molecule has 1 aliphatic rings. The van der Waals surface area contributed by atoms with E-state index < -0.39 is 0 Å². The van der Waals surface area contributed by atoms with Crippen molar-refractivity contribution in [3.8, 4) is 0 Å². The second-order valence-corrected chi connectivity index (χ2v) is 7.15. The summed E-state index contributed by atoms with van der Waals surface area (Å²) >= 11 is 2.09. The van der Waals surface area contributed by atoms with Crippen molar-refractivity contribution in [1.82, 2.24) is 4.90 Å². The monoisotopic (exact) mass is 278 g/mol. The van der Waals surface area contributed by atoms with E-state index in [4.69, 9.17) is 5.73 Å². The Balaban J connectivity index is 1.88. The van der Waals surface area contributed by atoms with Crippen molar-refractivity contribution >= 4 is 11.8 Å². The van der Waals surface area contributed by atoms with Crippen LogP contribution < -0.4 is 5.73 Å². The number of thioether (sulfide) groups is 1. The highest BCUT2D eigenvalue weighted by Crippen LogP contribution is 2.25. The molecular formula is C16H26N2S. The number of hydrogen-bond donors (Lipinski definition) is 1. The molecule has 1 saturated heterocycles. The van der Waals surface area contributed by atoms with Gasteiger partial charge < -0.3 is 5.73 Å². The van der Waals surface area contributed by atoms with Gasteiger partial charge in [0, 0.05) is 36.2 Å². The fourth-order valence-electron chi connectivity index (χ4n) is 2.68. The first-order valence-corrected chi connectivity index (χ1v) is 8.30. The van der Waals surface area contributed by atoms with E-state index in [1.807, 2.05) is 0 Å². The number of hydrogen-bond acceptors (Lipinski definition) is 3. The van der Waals surface area contributed by atoms with Crippen LogP contribution in [0.25, 0.3) is 0 Å². The van der Waals surface area contributed by atoms with E-state index in [-0.39, 0.29) is 6.04 Å². The van der Waals surface area contributed by atoms with E-state index >= 15 is 0 Å². The topological polar surface area (TPSA) is 29.3 Å². The SMILES string of the molecule is Cc1cccc(C(N)CCN2CCSC(C)C2C)c1. The normalized spacial score (nSPS) is 26.3. The molecule has 2 nitrogen and oxygen atoms in total. The third-order valence-electron chi connectivity index (χ3n) is 4.21. The van der Waals surface area contributed by atoms with Gasteiger partial charge in [0.15, 0.2) is 0 Å². The van der Waals surface area contributed by atoms with Crippen LogP contribution in [-0.2, 0) is 0 Å². The van der Waals surface area contributed by atoms with E-state index in [0.717, 1.165) is 18.2 Å². The standard InChI is InChI=1S/C16H26N2S/c1-12-5-4-6-15(11-12)16(17)7-8-18-9-10-19-14(3)13(18)2/h4-6,11,13-14,16H,7-10,17H2,1-3H3. The molecule has 0 amide bonds. The van der Waals surface area contributed by atoms with Crippen molar-refractivity contribution in [2.24, 2.45) is 5.73 Å². The highest BCUT2D eigenvalue weighted by Gasteiger charge is 2.25. The van der Waals surface area contributed by atoms with Crippen molar-refractivity contribution in [1.29, 1.82) is 0 Å². The molecule has 2 rings (SSSR count). The molecule has 1 fully saturated rings. The highest BCUT2D eigenvalue weighted by atomic mass is 32.2. The summed E-state index contributed by atoms with van der Waals surface area (Å²) in [7, 11) is 0. The Morgan fingerprint density at radius 2 is 2.21 bits per heavy atom. The van der Waals surface area contributed by atoms with Gasteiger partial charge in [-0.25, -0.2) is 0 Å². The molecule has 106 valence electrons. The largest absolute Gasteiger partial charge is 0.324 e. The van der Waals surface area contributed by atoms with Gasteiger partial charge in [-0.3, -0.25) is 4.90 Å². The Hall–Kier alpha value is -0.510. The van der Waals surface area contributed by atoms with Crippen LogP contribution in [-0.4, -0.2) is 35.0 Å². The van der Waals surface area contributed by atoms with Crippen molar-refractivity contribution in [2.45, 2.75) is 44.5 Å². The number of nitrogens with two attached hydrogens (primary N) is 1. The Bertz CT molecular complexity index is 407. The third kappa shape index (κ3) is 3.98. The fraction of sp³-hybridized carbons (Fsp3) is 0.625. The minimum atomic E-state index is 0.164. The van der Waals surface area contributed by atoms with E-state index in [9.17, 15) is 0 Å². The predicted octanol–water partition coefficient (Wildman–Crippen LogP) is 3.21. The van der Waals surface area contributed by atoms with Gasteiger partial charge in [0.1, 0.15) is 0 Å². The lowest BCUT2D eigenvalue weighted by Gasteiger charge is -2.38. The van der Waals surface area contributed by atoms with Gasteiger partial charge in [-0.2, -0.15) is 11.8 Å². The Morgan fingerprint density at radius 1 is 1.42 bits per heavy atom. The van der Waals surface area contributed by atoms with Gasteiger partial charge in [-0.1, -0.05) is 36.8 Å². The summed E-state index contributed by atoms with van der Waals surface area (Å²) in [6.45, 7) is 9.12. The maximum atomic E-state index is 6.33. The van der Waals surface area contributed by atoms with Crippen molar-refractivity contribution in [3.63, 3.8) is 0 Å². The average Bonchev–Trinajstić information content (AvgIpc) is 2.40. The number of rotatable bonds is 4. The van der Waals surface area contributed by atoms with Gasteiger partial charge in [0.2, 0.25) is 0 Å². The van der Waals surface area contributed by atoms with Crippen LogP contribution >= 0.6 is 11.8 Å². The van der Waals surface area contributed by atoms with E-state index in [0.29, 0.717) is 6.04 Å². The molecule has 0 aromatic heterocycles. The van der Waals surface area contributed by atoms with Crippen LogP contribution in [0.4, 0.5) is 0 Å². The smallest absolute Gasteiger partial charge is 0.0307 e. The molecule has 0 spiro atoms. The molecule has 3 heteroatoms. The highest BCUT2D eigenvalue weighted by molar-refractivity contribution is 8.00. The van der Waals surface area contributed by atoms with Crippen LogP contribution in [0.5, 0.6) is 0 Å². The van der Waals surface area contributed by atoms with Crippen LogP contribution in [0.1, 0.15) is 37.4 Å². The molecule has 19 heavy (non-hydrogen) atoms. The molecule has 1 aliphatic heterocycles. The lowest BCUT2D eigenvalue weighted by molar-refractivity contribution is 0.206. The van der Waals surface area contributed by atoms with E-state index in [1.165, 1.54) is 23.4 Å². The zero-order valence-corrected chi connectivity index (χ0v) is 13.1. The molecule has 1 aromatic rings. The molecule has 0 saturated carbocycles. The fourth-order valence-corrected chi connectivity index (χ4v) is 3.85. The van der Waals surface area contributed by atoms with Gasteiger partial charge in [-0.15, -0.1) is 0 Å². The van der Waals surface area contributed by atoms with Crippen LogP contribution in [0.15, 0.2) is 24.3 Å². The molecule has 0 bridgehead atoms. The number of benzene rings is 1. The molecule has 0 aliphatic carbocycles. The Kier molecular flexibility index (Phi) is 5.31. The quantitative estimate of drug-likeness (QED) is 0.917. The van der Waals surface area contributed by atoms with E-state index in [1.54, 1.807) is 0 Å². The second kappa shape index (κ2) is 6.78. The lowest BCUT2D eigenvalue weighted by atomic mass is 10.0. The molecule has 2 N–H and O–H groups in total. The summed E-state index contributed by atoms with van der Waals surface area (Å²) in [5.74, 6) is 1.26. The van der Waals surface area contributed by atoms with Crippen LogP contribution in [0, 0.1) is 6.92 Å². The molecular weight excluding hydrogens is 252 g/mol. The van der Waals surface area contributed by atoms with Crippen LogP contribution in [0.2, 0.25) is 0 Å². The van der Waals surface area contributed by atoms with E-state index in [2.05, 4.69) is 61.7 Å². The van der Waals surface area contributed by atoms with Gasteiger partial charge in [0.05, 0.1) is 0 Å². The number of nitrogens with zero attached hydrogens (tertiary/aromatic N) is 1. The molecule has 3 unspecified atom stereocenters. The second-order valence-electron chi connectivity index (χ2n) is 5.66. The van der Waals surface area contributed by atoms with Gasteiger partial charge >= 0.3 is 0 Å². The zero-order chi connectivity index (χ0) is 13.8. The minimum Gasteiger partial charge on any atom is -0.324 e. The Labute approximate surface area is 121 Å². The van der Waals surface area contributed by atoms with Crippen molar-refractivity contribution in [3.05, 3.63) is 35.4 Å². The first-order chi connectivity index (χ1) is 9.08. The Morgan fingerprint density at radius 3 is 2.95 bits per heavy atom. The number of aryl methyl sites for hydroxylation is 1. The third-order valence-corrected chi connectivity index (χ3v) is 5.55. The maximum absolute atomic E-state index is 6.33. The first kappa shape index (κ1) is 14.9. The molecule has 1 aromatic carbocycles. The van der Waals surface area contributed by atoms with Crippen LogP contribution in [0.3, 0.4) is 0 Å². The molecule has 0 radical (unpaired) electrons. The summed E-state index contributed by atoms with van der Waals surface area (Å²) in [6.07, 6.45) is 1.05. The summed E-state index contributed by atoms with van der Waals surface area (Å²) in [5, 5.41) is 0.740. The molecule has 3 atom stereocenters. The van der Waals surface area contributed by atoms with Gasteiger partial charge in [-0.05, 0) is 25.8 Å². The predicted molar refractivity (Wildman–Crippen MR) is 85.7 cm³/mol. The van der Waals surface area contributed by atoms with Crippen molar-refractivity contribution in [2.75, 3.05) is 18.8 Å². The summed E-state index contributed by atoms with van der Waals surface area (Å²) < 4.78 is 0. The first-order valence-electron chi connectivity index (χ1n) is 7.25. The summed E-state index contributed by atoms with van der Waals surface area (Å²) in [6, 6.07) is 9.42. The minimum absolute atomic E-state index is 0.164.